The average Bonchev–Trinajstić information content (AvgIpc) is 3.39. The molecule has 0 saturated carbocycles. The molecule has 0 aliphatic carbocycles. The lowest BCUT2D eigenvalue weighted by Crippen LogP contribution is -2.67. The highest BCUT2D eigenvalue weighted by molar-refractivity contribution is 5.80. The molecule has 2 rings (SSSR count). The van der Waals surface area contributed by atoms with Crippen molar-refractivity contribution in [1.29, 1.82) is 0 Å². The third-order valence-electron chi connectivity index (χ3n) is 15.2. The average molecular weight is 1060 g/mol. The molecule has 2 heterocycles. The van der Waals surface area contributed by atoms with E-state index in [0.717, 1.165) is 51.9 Å². The van der Waals surface area contributed by atoms with Crippen molar-refractivity contribution in [2.45, 2.75) is 331 Å². The van der Waals surface area contributed by atoms with E-state index in [2.05, 4.69) is 24.5 Å². The van der Waals surface area contributed by atoms with Crippen LogP contribution in [-0.4, -0.2) is 163 Å². The molecule has 0 aromatic heterocycles. The highest BCUT2D eigenvalue weighted by atomic mass is 16.7. The zero-order valence-corrected chi connectivity index (χ0v) is 46.4. The summed E-state index contributed by atoms with van der Waals surface area (Å²) < 4.78 is 23.2. The maximum Gasteiger partial charge on any atom is 0.249 e. The molecule has 14 unspecified atom stereocenters. The molecule has 0 aromatic rings. The van der Waals surface area contributed by atoms with Crippen LogP contribution in [0.25, 0.3) is 0 Å². The van der Waals surface area contributed by atoms with Crippen molar-refractivity contribution < 1.29 is 74.5 Å². The summed E-state index contributed by atoms with van der Waals surface area (Å²) in [5.74, 6) is -1.37. The Bertz CT molecular complexity index is 1350. The molecule has 0 aromatic carbocycles. The molecular weight excluding hydrogens is 953 g/mol. The van der Waals surface area contributed by atoms with Gasteiger partial charge in [0.25, 0.3) is 0 Å². The maximum absolute atomic E-state index is 13.4. The number of hydrogen-bond donors (Lipinski definition) is 11. The van der Waals surface area contributed by atoms with E-state index in [4.69, 9.17) is 18.9 Å². The van der Waals surface area contributed by atoms with E-state index in [1.54, 1.807) is 0 Å². The lowest BCUT2D eigenvalue weighted by Gasteiger charge is -2.47. The molecule has 0 spiro atoms. The van der Waals surface area contributed by atoms with Crippen LogP contribution in [0.1, 0.15) is 245 Å². The molecule has 17 heteroatoms. The fourth-order valence-corrected chi connectivity index (χ4v) is 10.3. The third kappa shape index (κ3) is 28.9. The molecule has 2 amide bonds. The monoisotopic (exact) mass is 1060 g/mol. The van der Waals surface area contributed by atoms with Crippen molar-refractivity contribution in [2.24, 2.45) is 0 Å². The van der Waals surface area contributed by atoms with Crippen LogP contribution >= 0.6 is 0 Å². The van der Waals surface area contributed by atoms with Gasteiger partial charge >= 0.3 is 0 Å². The van der Waals surface area contributed by atoms with Crippen LogP contribution in [0.3, 0.4) is 0 Å². The molecule has 2 saturated heterocycles. The molecule has 14 atom stereocenters. The fourth-order valence-electron chi connectivity index (χ4n) is 10.3. The first-order chi connectivity index (χ1) is 35.8. The minimum atomic E-state index is -1.86. The molecule has 74 heavy (non-hydrogen) atoms. The Morgan fingerprint density at radius 3 is 1.30 bits per heavy atom. The minimum absolute atomic E-state index is 0.203. The molecule has 0 radical (unpaired) electrons. The number of carbonyl (C=O) groups excluding carboxylic acids is 2. The second-order valence-electron chi connectivity index (χ2n) is 21.8. The summed E-state index contributed by atoms with van der Waals surface area (Å²) in [7, 11) is 0. The summed E-state index contributed by atoms with van der Waals surface area (Å²) in [6, 6.07) is -2.67. The predicted molar refractivity (Wildman–Crippen MR) is 287 cm³/mol. The number of unbranched alkanes of at least 4 members (excludes halogenated alkanes) is 31. The molecule has 438 valence electrons. The van der Waals surface area contributed by atoms with Gasteiger partial charge < -0.3 is 75.5 Å². The minimum Gasteiger partial charge on any atom is -0.394 e. The zero-order valence-electron chi connectivity index (χ0n) is 46.4. The van der Waals surface area contributed by atoms with Gasteiger partial charge in [-0.2, -0.15) is 0 Å². The van der Waals surface area contributed by atoms with Crippen LogP contribution in [0.4, 0.5) is 0 Å². The van der Waals surface area contributed by atoms with Gasteiger partial charge in [-0.05, 0) is 12.8 Å². The molecule has 11 N–H and O–H groups in total. The number of nitrogens with one attached hydrogen (secondary N) is 2. The number of hydrogen-bond acceptors (Lipinski definition) is 15. The Morgan fingerprint density at radius 2 is 0.892 bits per heavy atom. The normalized spacial score (nSPS) is 25.9. The van der Waals surface area contributed by atoms with Crippen molar-refractivity contribution >= 4 is 11.8 Å². The smallest absolute Gasteiger partial charge is 0.249 e. The Kier molecular flexibility index (Phi) is 40.1. The molecule has 2 aliphatic rings. The van der Waals surface area contributed by atoms with Gasteiger partial charge in [0.05, 0.1) is 32.0 Å². The van der Waals surface area contributed by atoms with E-state index >= 15 is 0 Å². The van der Waals surface area contributed by atoms with Crippen molar-refractivity contribution in [1.82, 2.24) is 10.6 Å². The summed E-state index contributed by atoms with van der Waals surface area (Å²) in [6.07, 6.45) is 21.5. The largest absolute Gasteiger partial charge is 0.394 e. The van der Waals surface area contributed by atoms with Gasteiger partial charge in [-0.3, -0.25) is 9.59 Å². The SMILES string of the molecule is CCCCCCCCCCCCCCCCCCCCC(O)C(=O)NC(COC1OC(CO)C(OC2OC(CO)C(O)C(O)C2NC(C)=O)C(O)C1O)C(O)C(O)CCCCCCCCCCCCCCCCC. The molecule has 0 bridgehead atoms. The maximum atomic E-state index is 13.4. The molecule has 17 nitrogen and oxygen atoms in total. The standard InChI is InChI=1S/C57H110N2O15/c1-4-6-8-10-12-14-16-18-20-21-22-24-26-28-30-32-34-36-38-45(64)55(70)59-43(49(65)44(63)37-35-33-31-29-27-25-23-19-17-15-13-11-9-7-5-2)41-71-57-53(69)52(68)54(47(40-61)73-57)74-56-48(58-42(3)62)51(67)50(66)46(39-60)72-56/h43-54,56-57,60-61,63-69H,4-41H2,1-3H3,(H,58,62)(H,59,70). The fraction of sp³-hybridized carbons (Fsp3) is 0.965. The van der Waals surface area contributed by atoms with Gasteiger partial charge in [-0.1, -0.05) is 226 Å². The van der Waals surface area contributed by atoms with Crippen LogP contribution < -0.4 is 10.6 Å². The van der Waals surface area contributed by atoms with Crippen molar-refractivity contribution in [3.63, 3.8) is 0 Å². The van der Waals surface area contributed by atoms with E-state index in [1.165, 1.54) is 154 Å². The van der Waals surface area contributed by atoms with Gasteiger partial charge in [0, 0.05) is 6.92 Å². The summed E-state index contributed by atoms with van der Waals surface area (Å²) >= 11 is 0. The van der Waals surface area contributed by atoms with Crippen molar-refractivity contribution in [3.05, 3.63) is 0 Å². The van der Waals surface area contributed by atoms with Crippen LogP contribution in [0.5, 0.6) is 0 Å². The first-order valence-electron chi connectivity index (χ1n) is 29.9. The Balaban J connectivity index is 1.90. The van der Waals surface area contributed by atoms with Gasteiger partial charge in [0.2, 0.25) is 11.8 Å². The van der Waals surface area contributed by atoms with Crippen molar-refractivity contribution in [3.8, 4) is 0 Å². The lowest BCUT2D eigenvalue weighted by atomic mass is 9.95. The van der Waals surface area contributed by atoms with E-state index in [1.807, 2.05) is 0 Å². The Hall–Kier alpha value is -1.58. The van der Waals surface area contributed by atoms with E-state index in [-0.39, 0.29) is 12.8 Å². The second-order valence-corrected chi connectivity index (χ2v) is 21.8. The highest BCUT2D eigenvalue weighted by Gasteiger charge is 2.51. The Labute approximate surface area is 446 Å². The quantitative estimate of drug-likeness (QED) is 0.0273. The van der Waals surface area contributed by atoms with E-state index in [9.17, 15) is 55.5 Å². The van der Waals surface area contributed by atoms with Gasteiger partial charge in [-0.15, -0.1) is 0 Å². The number of carbonyl (C=O) groups is 2. The van der Waals surface area contributed by atoms with Crippen LogP contribution in [0.2, 0.25) is 0 Å². The van der Waals surface area contributed by atoms with E-state index < -0.39 is 117 Å². The third-order valence-corrected chi connectivity index (χ3v) is 15.2. The number of aliphatic hydroxyl groups excluding tert-OH is 9. The van der Waals surface area contributed by atoms with Gasteiger partial charge in [0.15, 0.2) is 12.6 Å². The summed E-state index contributed by atoms with van der Waals surface area (Å²) in [5.41, 5.74) is 0. The number of rotatable bonds is 47. The van der Waals surface area contributed by atoms with Crippen molar-refractivity contribution in [2.75, 3.05) is 19.8 Å². The predicted octanol–water partition coefficient (Wildman–Crippen LogP) is 7.03. The zero-order chi connectivity index (χ0) is 54.4. The second kappa shape index (κ2) is 43.3. The van der Waals surface area contributed by atoms with E-state index in [0.29, 0.717) is 12.8 Å². The van der Waals surface area contributed by atoms with Crippen LogP contribution in [-0.2, 0) is 28.5 Å². The molecule has 2 aliphatic heterocycles. The number of ether oxygens (including phenoxy) is 4. The molecule has 2 fully saturated rings. The summed E-state index contributed by atoms with van der Waals surface area (Å²) in [4.78, 5) is 25.4. The van der Waals surface area contributed by atoms with Gasteiger partial charge in [0.1, 0.15) is 61.0 Å². The lowest BCUT2D eigenvalue weighted by molar-refractivity contribution is -0.347. The first kappa shape index (κ1) is 68.5. The first-order valence-corrected chi connectivity index (χ1v) is 29.9. The molecular formula is C57H110N2O15. The summed E-state index contributed by atoms with van der Waals surface area (Å²) in [5, 5.41) is 102. The highest BCUT2D eigenvalue weighted by Crippen LogP contribution is 2.30. The van der Waals surface area contributed by atoms with Crippen LogP contribution in [0, 0.1) is 0 Å². The summed E-state index contributed by atoms with van der Waals surface area (Å²) in [6.45, 7) is 3.60. The van der Waals surface area contributed by atoms with Gasteiger partial charge in [-0.25, -0.2) is 0 Å². The number of amides is 2. The van der Waals surface area contributed by atoms with Crippen LogP contribution in [0.15, 0.2) is 0 Å². The Morgan fingerprint density at radius 1 is 0.500 bits per heavy atom. The number of aliphatic hydroxyl groups is 9. The topological polar surface area (TPSA) is 277 Å².